The fourth-order valence-corrected chi connectivity index (χ4v) is 7.04. The second-order valence-corrected chi connectivity index (χ2v) is 11.9. The first kappa shape index (κ1) is 26.3. The lowest BCUT2D eigenvalue weighted by atomic mass is 9.96. The predicted octanol–water partition coefficient (Wildman–Crippen LogP) is 4.16. The lowest BCUT2D eigenvalue weighted by molar-refractivity contribution is -0.123. The molecule has 9 nitrogen and oxygen atoms in total. The van der Waals surface area contributed by atoms with Crippen molar-refractivity contribution in [1.29, 1.82) is 0 Å². The van der Waals surface area contributed by atoms with E-state index in [4.69, 9.17) is 9.72 Å². The number of hydrogen-bond acceptors (Lipinski definition) is 7. The molecule has 0 unspecified atom stereocenters. The Morgan fingerprint density at radius 1 is 1.16 bits per heavy atom. The molecule has 1 saturated heterocycles. The molecule has 4 aromatic rings. The molecule has 0 aliphatic carbocycles. The molecule has 1 amide bonds. The summed E-state index contributed by atoms with van der Waals surface area (Å²) in [6, 6.07) is 12.4. The van der Waals surface area contributed by atoms with E-state index in [-0.39, 0.29) is 29.8 Å². The second kappa shape index (κ2) is 11.2. The fourth-order valence-electron chi connectivity index (χ4n) is 4.55. The van der Waals surface area contributed by atoms with Crippen molar-refractivity contribution < 1.29 is 22.3 Å². The summed E-state index contributed by atoms with van der Waals surface area (Å²) in [5.41, 5.74) is 0.714. The van der Waals surface area contributed by atoms with Gasteiger partial charge in [-0.25, -0.2) is 17.8 Å². The summed E-state index contributed by atoms with van der Waals surface area (Å²) in [4.78, 5) is 20.3. The number of piperidine rings is 1. The van der Waals surface area contributed by atoms with Crippen molar-refractivity contribution in [3.8, 4) is 5.75 Å². The highest BCUT2D eigenvalue weighted by Crippen LogP contribution is 2.36. The highest BCUT2D eigenvalue weighted by molar-refractivity contribution is 7.89. The Hall–Kier alpha value is -3.35. The Kier molecular flexibility index (Phi) is 7.73. The molecular formula is C26H28FN5O4S2. The second-order valence-electron chi connectivity index (χ2n) is 8.92. The van der Waals surface area contributed by atoms with Crippen molar-refractivity contribution in [3.05, 3.63) is 66.7 Å². The summed E-state index contributed by atoms with van der Waals surface area (Å²) >= 11 is 1.43. The number of sulfonamides is 1. The summed E-state index contributed by atoms with van der Waals surface area (Å²) in [7, 11) is -3.76. The van der Waals surface area contributed by atoms with Crippen molar-refractivity contribution in [3.63, 3.8) is 0 Å². The van der Waals surface area contributed by atoms with Gasteiger partial charge in [0.25, 0.3) is 0 Å². The third-order valence-electron chi connectivity index (χ3n) is 6.53. The molecule has 0 atom stereocenters. The highest BCUT2D eigenvalue weighted by atomic mass is 32.2. The minimum Gasteiger partial charge on any atom is -0.492 e. The topological polar surface area (TPSA) is 97.6 Å². The molecule has 5 rings (SSSR count). The van der Waals surface area contributed by atoms with Crippen LogP contribution in [0.4, 0.5) is 9.52 Å². The van der Waals surface area contributed by atoms with Crippen LogP contribution in [0.3, 0.4) is 0 Å². The quantitative estimate of drug-likeness (QED) is 0.307. The molecule has 0 bridgehead atoms. The van der Waals surface area contributed by atoms with Crippen LogP contribution >= 0.6 is 11.3 Å². The zero-order valence-electron chi connectivity index (χ0n) is 20.9. The molecule has 3 heterocycles. The van der Waals surface area contributed by atoms with E-state index in [1.807, 2.05) is 37.4 Å². The summed E-state index contributed by atoms with van der Waals surface area (Å²) in [6.45, 7) is 3.69. The number of para-hydroxylation sites is 1. The molecule has 0 radical (unpaired) electrons. The number of fused-ring (bicyclic) bond motifs is 1. The van der Waals surface area contributed by atoms with Crippen LogP contribution in [0.25, 0.3) is 10.2 Å². The van der Waals surface area contributed by atoms with Crippen LogP contribution in [-0.2, 0) is 21.4 Å². The molecule has 2 aromatic carbocycles. The molecular weight excluding hydrogens is 529 g/mol. The van der Waals surface area contributed by atoms with Gasteiger partial charge in [-0.2, -0.15) is 9.40 Å². The largest absolute Gasteiger partial charge is 0.492 e. The molecule has 0 spiro atoms. The first-order valence-electron chi connectivity index (χ1n) is 12.4. The van der Waals surface area contributed by atoms with Gasteiger partial charge in [-0.15, -0.1) is 0 Å². The zero-order chi connectivity index (χ0) is 26.7. The predicted molar refractivity (Wildman–Crippen MR) is 143 cm³/mol. The summed E-state index contributed by atoms with van der Waals surface area (Å²) < 4.78 is 49.1. The molecule has 0 saturated carbocycles. The van der Waals surface area contributed by atoms with Gasteiger partial charge in [0, 0.05) is 37.9 Å². The van der Waals surface area contributed by atoms with Gasteiger partial charge in [0.15, 0.2) is 5.13 Å². The van der Waals surface area contributed by atoms with Gasteiger partial charge in [0.2, 0.25) is 15.9 Å². The number of halogens is 1. The van der Waals surface area contributed by atoms with Crippen LogP contribution in [0.2, 0.25) is 0 Å². The van der Waals surface area contributed by atoms with E-state index in [0.29, 0.717) is 48.9 Å². The molecule has 1 aliphatic heterocycles. The third kappa shape index (κ3) is 5.42. The number of carbonyl (C=O) groups excluding carboxylic acids is 1. The SMILES string of the molecule is CCOc1cccc2sc(N(CCn3cccn3)C(=O)C3CCN(S(=O)(=O)c4ccc(F)cc4)CC3)nc12. The number of ether oxygens (including phenoxy) is 1. The number of amides is 1. The smallest absolute Gasteiger partial charge is 0.243 e. The van der Waals surface area contributed by atoms with E-state index < -0.39 is 15.8 Å². The monoisotopic (exact) mass is 557 g/mol. The number of benzene rings is 2. The van der Waals surface area contributed by atoms with Crippen molar-refractivity contribution in [1.82, 2.24) is 19.1 Å². The van der Waals surface area contributed by atoms with Gasteiger partial charge in [0.05, 0.1) is 22.7 Å². The number of hydrogen-bond donors (Lipinski definition) is 0. The van der Waals surface area contributed by atoms with Gasteiger partial charge in [-0.3, -0.25) is 14.4 Å². The zero-order valence-corrected chi connectivity index (χ0v) is 22.5. The highest BCUT2D eigenvalue weighted by Gasteiger charge is 2.35. The first-order chi connectivity index (χ1) is 18.4. The summed E-state index contributed by atoms with van der Waals surface area (Å²) in [6.07, 6.45) is 4.29. The standard InChI is InChI=1S/C26H28FN5O4S2/c1-2-36-22-5-3-6-23-24(22)29-26(37-23)32(18-17-30-14-4-13-28-30)25(33)19-11-15-31(16-12-19)38(34,35)21-9-7-20(27)8-10-21/h3-10,13-14,19H,2,11-12,15-18H2,1H3. The van der Waals surface area contributed by atoms with E-state index in [2.05, 4.69) is 5.10 Å². The van der Waals surface area contributed by atoms with Gasteiger partial charge in [0.1, 0.15) is 17.1 Å². The van der Waals surface area contributed by atoms with E-state index in [0.717, 1.165) is 16.8 Å². The average molecular weight is 558 g/mol. The third-order valence-corrected chi connectivity index (χ3v) is 9.49. The molecule has 38 heavy (non-hydrogen) atoms. The number of nitrogens with zero attached hydrogens (tertiary/aromatic N) is 5. The lowest BCUT2D eigenvalue weighted by Crippen LogP contribution is -2.45. The average Bonchev–Trinajstić information content (AvgIpc) is 3.60. The first-order valence-corrected chi connectivity index (χ1v) is 14.7. The summed E-state index contributed by atoms with van der Waals surface area (Å²) in [5, 5.41) is 4.83. The van der Waals surface area contributed by atoms with Crippen LogP contribution < -0.4 is 9.64 Å². The number of rotatable bonds is 9. The Morgan fingerprint density at radius 2 is 1.92 bits per heavy atom. The molecule has 200 valence electrons. The van der Waals surface area contributed by atoms with Gasteiger partial charge in [-0.05, 0) is 62.2 Å². The fraction of sp³-hybridized carbons (Fsp3) is 0.346. The van der Waals surface area contributed by atoms with Crippen LogP contribution in [-0.4, -0.2) is 59.6 Å². The lowest BCUT2D eigenvalue weighted by Gasteiger charge is -2.33. The minimum absolute atomic E-state index is 0.0455. The Balaban J connectivity index is 1.35. The van der Waals surface area contributed by atoms with E-state index in [1.54, 1.807) is 15.8 Å². The van der Waals surface area contributed by atoms with Crippen molar-refractivity contribution >= 4 is 42.6 Å². The van der Waals surface area contributed by atoms with E-state index in [9.17, 15) is 17.6 Å². The molecule has 12 heteroatoms. The Bertz CT molecular complexity index is 1500. The molecule has 1 aliphatic rings. The maximum atomic E-state index is 13.8. The number of thiazole rings is 1. The maximum absolute atomic E-state index is 13.8. The van der Waals surface area contributed by atoms with Crippen molar-refractivity contribution in [2.45, 2.75) is 31.2 Å². The number of carbonyl (C=O) groups is 1. The molecule has 2 aromatic heterocycles. The van der Waals surface area contributed by atoms with E-state index >= 15 is 0 Å². The Labute approximate surface area is 224 Å². The minimum atomic E-state index is -3.76. The van der Waals surface area contributed by atoms with Crippen LogP contribution in [0.15, 0.2) is 65.8 Å². The number of aromatic nitrogens is 3. The number of anilines is 1. The van der Waals surface area contributed by atoms with Crippen LogP contribution in [0.1, 0.15) is 19.8 Å². The van der Waals surface area contributed by atoms with Crippen LogP contribution in [0.5, 0.6) is 5.75 Å². The summed E-state index contributed by atoms with van der Waals surface area (Å²) in [5.74, 6) is -0.267. The van der Waals surface area contributed by atoms with Gasteiger partial charge in [-0.1, -0.05) is 17.4 Å². The molecule has 0 N–H and O–H groups in total. The maximum Gasteiger partial charge on any atom is 0.243 e. The van der Waals surface area contributed by atoms with Crippen molar-refractivity contribution in [2.75, 3.05) is 31.1 Å². The van der Waals surface area contributed by atoms with Gasteiger partial charge < -0.3 is 4.74 Å². The van der Waals surface area contributed by atoms with Crippen LogP contribution in [0, 0.1) is 11.7 Å². The van der Waals surface area contributed by atoms with E-state index in [1.165, 1.54) is 27.8 Å². The Morgan fingerprint density at radius 3 is 2.61 bits per heavy atom. The van der Waals surface area contributed by atoms with Gasteiger partial charge >= 0.3 is 0 Å². The van der Waals surface area contributed by atoms with Crippen molar-refractivity contribution in [2.24, 2.45) is 5.92 Å². The molecule has 1 fully saturated rings. The normalized spacial score (nSPS) is 15.1.